The molecule has 122 valence electrons. The summed E-state index contributed by atoms with van der Waals surface area (Å²) in [5, 5.41) is 2.51. The van der Waals surface area contributed by atoms with Crippen LogP contribution >= 0.6 is 0 Å². The maximum atomic E-state index is 13.5. The van der Waals surface area contributed by atoms with Crippen molar-refractivity contribution in [2.45, 2.75) is 26.3 Å². The van der Waals surface area contributed by atoms with Crippen LogP contribution in [0.5, 0.6) is 0 Å². The molecule has 0 saturated heterocycles. The molecular weight excluding hydrogens is 299 g/mol. The predicted molar refractivity (Wildman–Crippen MR) is 84.5 cm³/mol. The van der Waals surface area contributed by atoms with Crippen LogP contribution in [0.25, 0.3) is 0 Å². The largest absolute Gasteiger partial charge is 0.472 e. The number of furan rings is 1. The van der Waals surface area contributed by atoms with Crippen molar-refractivity contribution in [1.82, 2.24) is 4.90 Å². The van der Waals surface area contributed by atoms with Gasteiger partial charge in [-0.1, -0.05) is 12.1 Å². The van der Waals surface area contributed by atoms with Gasteiger partial charge in [0.2, 0.25) is 5.91 Å². The number of hydrogen-bond donors (Lipinski definition) is 1. The second kappa shape index (κ2) is 7.58. The van der Waals surface area contributed by atoms with Crippen LogP contribution in [0.15, 0.2) is 47.3 Å². The van der Waals surface area contributed by atoms with E-state index in [0.29, 0.717) is 5.56 Å². The lowest BCUT2D eigenvalue weighted by molar-refractivity contribution is -0.116. The lowest BCUT2D eigenvalue weighted by Crippen LogP contribution is -2.38. The molecule has 6 heteroatoms. The molecule has 0 aliphatic carbocycles. The van der Waals surface area contributed by atoms with Crippen LogP contribution < -0.4 is 5.32 Å². The molecule has 1 heterocycles. The Labute approximate surface area is 134 Å². The Morgan fingerprint density at radius 2 is 2.00 bits per heavy atom. The fourth-order valence-electron chi connectivity index (χ4n) is 2.14. The third-order valence-corrected chi connectivity index (χ3v) is 3.38. The number of hydrogen-bond acceptors (Lipinski definition) is 3. The molecular formula is C17H19FN2O3. The summed E-state index contributed by atoms with van der Waals surface area (Å²) in [6.07, 6.45) is 2.88. The summed E-state index contributed by atoms with van der Waals surface area (Å²) in [4.78, 5) is 25.9. The number of amides is 2. The summed E-state index contributed by atoms with van der Waals surface area (Å²) in [5.41, 5.74) is 0.572. The molecule has 23 heavy (non-hydrogen) atoms. The van der Waals surface area contributed by atoms with Crippen molar-refractivity contribution in [2.24, 2.45) is 0 Å². The first-order valence-electron chi connectivity index (χ1n) is 7.36. The first kappa shape index (κ1) is 16.7. The molecule has 0 saturated carbocycles. The van der Waals surface area contributed by atoms with Crippen molar-refractivity contribution in [3.8, 4) is 0 Å². The molecule has 0 unspecified atom stereocenters. The van der Waals surface area contributed by atoms with Gasteiger partial charge in [0.1, 0.15) is 12.1 Å². The zero-order valence-electron chi connectivity index (χ0n) is 13.1. The van der Waals surface area contributed by atoms with Crippen molar-refractivity contribution in [3.05, 3.63) is 54.2 Å². The van der Waals surface area contributed by atoms with Gasteiger partial charge in [-0.05, 0) is 32.0 Å². The van der Waals surface area contributed by atoms with E-state index >= 15 is 0 Å². The minimum Gasteiger partial charge on any atom is -0.472 e. The van der Waals surface area contributed by atoms with Crippen LogP contribution in [-0.2, 0) is 4.79 Å². The van der Waals surface area contributed by atoms with Gasteiger partial charge in [-0.3, -0.25) is 9.59 Å². The lowest BCUT2D eigenvalue weighted by atomic mass is 10.2. The van der Waals surface area contributed by atoms with Crippen LogP contribution in [0, 0.1) is 5.82 Å². The van der Waals surface area contributed by atoms with Crippen molar-refractivity contribution in [3.63, 3.8) is 0 Å². The molecule has 1 N–H and O–H groups in total. The van der Waals surface area contributed by atoms with E-state index in [9.17, 15) is 14.0 Å². The highest BCUT2D eigenvalue weighted by Gasteiger charge is 2.20. The smallest absolute Gasteiger partial charge is 0.257 e. The van der Waals surface area contributed by atoms with Crippen molar-refractivity contribution in [2.75, 3.05) is 11.9 Å². The third kappa shape index (κ3) is 4.42. The fraction of sp³-hybridized carbons (Fsp3) is 0.294. The van der Waals surface area contributed by atoms with E-state index in [-0.39, 0.29) is 36.5 Å². The number of halogens is 1. The molecule has 0 spiro atoms. The Bertz CT molecular complexity index is 668. The SMILES string of the molecule is CC(C)N(CCC(=O)Nc1ccccc1F)C(=O)c1ccoc1. The van der Waals surface area contributed by atoms with E-state index in [2.05, 4.69) is 5.32 Å². The Morgan fingerprint density at radius 1 is 1.26 bits per heavy atom. The van der Waals surface area contributed by atoms with Crippen LogP contribution in [0.1, 0.15) is 30.6 Å². The first-order valence-corrected chi connectivity index (χ1v) is 7.36. The van der Waals surface area contributed by atoms with E-state index < -0.39 is 5.82 Å². The highest BCUT2D eigenvalue weighted by molar-refractivity contribution is 5.95. The monoisotopic (exact) mass is 318 g/mol. The zero-order valence-corrected chi connectivity index (χ0v) is 13.1. The van der Waals surface area contributed by atoms with E-state index in [4.69, 9.17) is 4.42 Å². The highest BCUT2D eigenvalue weighted by atomic mass is 19.1. The predicted octanol–water partition coefficient (Wildman–Crippen LogP) is 3.30. The lowest BCUT2D eigenvalue weighted by Gasteiger charge is -2.26. The Kier molecular flexibility index (Phi) is 5.51. The van der Waals surface area contributed by atoms with Gasteiger partial charge in [0.15, 0.2) is 0 Å². The van der Waals surface area contributed by atoms with Crippen LogP contribution in [0.4, 0.5) is 10.1 Å². The number of anilines is 1. The Hall–Kier alpha value is -2.63. The van der Waals surface area contributed by atoms with Crippen molar-refractivity contribution in [1.29, 1.82) is 0 Å². The molecule has 2 aromatic rings. The van der Waals surface area contributed by atoms with Gasteiger partial charge in [-0.15, -0.1) is 0 Å². The third-order valence-electron chi connectivity index (χ3n) is 3.38. The summed E-state index contributed by atoms with van der Waals surface area (Å²) in [6, 6.07) is 7.47. The maximum Gasteiger partial charge on any atom is 0.257 e. The molecule has 1 aromatic carbocycles. The average molecular weight is 318 g/mol. The van der Waals surface area contributed by atoms with Gasteiger partial charge >= 0.3 is 0 Å². The molecule has 0 aliphatic rings. The molecule has 2 amide bonds. The second-order valence-corrected chi connectivity index (χ2v) is 5.38. The Balaban J connectivity index is 1.95. The second-order valence-electron chi connectivity index (χ2n) is 5.38. The molecule has 0 fully saturated rings. The summed E-state index contributed by atoms with van der Waals surface area (Å²) in [6.45, 7) is 3.97. The van der Waals surface area contributed by atoms with Gasteiger partial charge in [0.05, 0.1) is 17.5 Å². The first-order chi connectivity index (χ1) is 11.0. The highest BCUT2D eigenvalue weighted by Crippen LogP contribution is 2.14. The topological polar surface area (TPSA) is 62.6 Å². The minimum absolute atomic E-state index is 0.0707. The number of nitrogens with zero attached hydrogens (tertiary/aromatic N) is 1. The number of nitrogens with one attached hydrogen (secondary N) is 1. The van der Waals surface area contributed by atoms with Crippen LogP contribution in [-0.4, -0.2) is 29.3 Å². The zero-order chi connectivity index (χ0) is 16.8. The van der Waals surface area contributed by atoms with Gasteiger partial charge in [0.25, 0.3) is 5.91 Å². The molecule has 0 bridgehead atoms. The fourth-order valence-corrected chi connectivity index (χ4v) is 2.14. The molecule has 5 nitrogen and oxygen atoms in total. The summed E-state index contributed by atoms with van der Waals surface area (Å²) >= 11 is 0. The number of benzene rings is 1. The van der Waals surface area contributed by atoms with Gasteiger partial charge in [-0.25, -0.2) is 4.39 Å². The molecule has 0 radical (unpaired) electrons. The van der Waals surface area contributed by atoms with Gasteiger partial charge < -0.3 is 14.6 Å². The van der Waals surface area contributed by atoms with Crippen molar-refractivity contribution < 1.29 is 18.4 Å². The number of carbonyl (C=O) groups excluding carboxylic acids is 2. The Morgan fingerprint density at radius 3 is 2.61 bits per heavy atom. The minimum atomic E-state index is -0.490. The van der Waals surface area contributed by atoms with Crippen LogP contribution in [0.3, 0.4) is 0 Å². The number of para-hydroxylation sites is 1. The van der Waals surface area contributed by atoms with Crippen LogP contribution in [0.2, 0.25) is 0 Å². The summed E-state index contributed by atoms with van der Waals surface area (Å²) < 4.78 is 18.4. The van der Waals surface area contributed by atoms with E-state index in [1.54, 1.807) is 23.1 Å². The quantitative estimate of drug-likeness (QED) is 0.889. The number of rotatable bonds is 6. The molecule has 0 aliphatic heterocycles. The van der Waals surface area contributed by atoms with E-state index in [0.717, 1.165) is 0 Å². The normalized spacial score (nSPS) is 10.6. The summed E-state index contributed by atoms with van der Waals surface area (Å²) in [5.74, 6) is -1.04. The summed E-state index contributed by atoms with van der Waals surface area (Å²) in [7, 11) is 0. The maximum absolute atomic E-state index is 13.5. The van der Waals surface area contributed by atoms with Gasteiger partial charge in [0, 0.05) is 19.0 Å². The van der Waals surface area contributed by atoms with E-state index in [1.807, 2.05) is 13.8 Å². The van der Waals surface area contributed by atoms with Gasteiger partial charge in [-0.2, -0.15) is 0 Å². The molecule has 0 atom stereocenters. The number of carbonyl (C=O) groups is 2. The van der Waals surface area contributed by atoms with Crippen molar-refractivity contribution >= 4 is 17.5 Å². The molecule has 1 aromatic heterocycles. The van der Waals surface area contributed by atoms with E-state index in [1.165, 1.54) is 24.7 Å². The molecule has 2 rings (SSSR count). The standard InChI is InChI=1S/C17H19FN2O3/c1-12(2)20(17(22)13-8-10-23-11-13)9-7-16(21)19-15-6-4-3-5-14(15)18/h3-6,8,10-12H,7,9H2,1-2H3,(H,19,21). The average Bonchev–Trinajstić information content (AvgIpc) is 3.03.